The van der Waals surface area contributed by atoms with Crippen molar-refractivity contribution in [3.8, 4) is 0 Å². The summed E-state index contributed by atoms with van der Waals surface area (Å²) in [5.41, 5.74) is 9.47. The molecule has 4 nitrogen and oxygen atoms in total. The van der Waals surface area contributed by atoms with E-state index in [1.807, 2.05) is 12.1 Å². The molecule has 2 aromatic rings. The highest BCUT2D eigenvalue weighted by atomic mass is 32.1. The Bertz CT molecular complexity index is 680. The molecule has 1 aliphatic rings. The number of nitrogens with zero attached hydrogens (tertiary/aromatic N) is 1. The van der Waals surface area contributed by atoms with Crippen LogP contribution < -0.4 is 11.1 Å². The molecule has 0 fully saturated rings. The van der Waals surface area contributed by atoms with Gasteiger partial charge in [0.25, 0.3) is 0 Å². The normalized spacial score (nSPS) is 15.6. The first kappa shape index (κ1) is 14.1. The molecule has 0 spiro atoms. The van der Waals surface area contributed by atoms with E-state index >= 15 is 0 Å². The average molecular weight is 301 g/mol. The van der Waals surface area contributed by atoms with Crippen molar-refractivity contribution in [2.45, 2.75) is 25.9 Å². The standard InChI is InChI=1S/C16H19N3OS/c1-3-12-5-7-14(21-12)15(17)10-4-6-13-11(8-10)9-19(2)16(20)18-13/h4-8,15H,3,9,17H2,1-2H3,(H,18,20). The fraction of sp³-hybridized carbons (Fsp3) is 0.312. The Morgan fingerprint density at radius 3 is 2.90 bits per heavy atom. The first-order valence-corrected chi connectivity index (χ1v) is 7.89. The highest BCUT2D eigenvalue weighted by Crippen LogP contribution is 2.31. The Morgan fingerprint density at radius 2 is 2.19 bits per heavy atom. The van der Waals surface area contributed by atoms with Crippen LogP contribution in [0.25, 0.3) is 0 Å². The lowest BCUT2D eigenvalue weighted by atomic mass is 10.0. The number of benzene rings is 1. The molecule has 21 heavy (non-hydrogen) atoms. The van der Waals surface area contributed by atoms with Gasteiger partial charge in [-0.05, 0) is 41.8 Å². The first-order chi connectivity index (χ1) is 10.1. The van der Waals surface area contributed by atoms with E-state index in [0.717, 1.165) is 23.2 Å². The number of rotatable bonds is 3. The quantitative estimate of drug-likeness (QED) is 0.913. The number of nitrogens with two attached hydrogens (primary N) is 1. The summed E-state index contributed by atoms with van der Waals surface area (Å²) in [7, 11) is 1.79. The van der Waals surface area contributed by atoms with Crippen molar-refractivity contribution in [2.75, 3.05) is 12.4 Å². The smallest absolute Gasteiger partial charge is 0.321 e. The molecule has 0 bridgehead atoms. The van der Waals surface area contributed by atoms with Gasteiger partial charge in [0.1, 0.15) is 0 Å². The molecule has 3 rings (SSSR count). The number of amides is 2. The van der Waals surface area contributed by atoms with Crippen molar-refractivity contribution >= 4 is 23.1 Å². The molecule has 2 amide bonds. The number of fused-ring (bicyclic) bond motifs is 1. The summed E-state index contributed by atoms with van der Waals surface area (Å²) in [6.07, 6.45) is 1.04. The zero-order chi connectivity index (χ0) is 15.0. The van der Waals surface area contributed by atoms with Gasteiger partial charge >= 0.3 is 6.03 Å². The summed E-state index contributed by atoms with van der Waals surface area (Å²) in [5.74, 6) is 0. The van der Waals surface area contributed by atoms with E-state index in [2.05, 4.69) is 30.4 Å². The number of carbonyl (C=O) groups excluding carboxylic acids is 1. The molecule has 0 radical (unpaired) electrons. The summed E-state index contributed by atoms with van der Waals surface area (Å²) in [6, 6.07) is 10.1. The third-order valence-electron chi connectivity index (χ3n) is 3.82. The molecule has 1 aromatic heterocycles. The maximum Gasteiger partial charge on any atom is 0.321 e. The van der Waals surface area contributed by atoms with E-state index in [0.29, 0.717) is 6.54 Å². The Morgan fingerprint density at radius 1 is 1.38 bits per heavy atom. The molecular weight excluding hydrogens is 282 g/mol. The number of nitrogens with one attached hydrogen (secondary N) is 1. The van der Waals surface area contributed by atoms with Crippen LogP contribution in [0.3, 0.4) is 0 Å². The first-order valence-electron chi connectivity index (χ1n) is 7.07. The second-order valence-electron chi connectivity index (χ2n) is 5.34. The molecule has 1 atom stereocenters. The lowest BCUT2D eigenvalue weighted by Gasteiger charge is -2.26. The fourth-order valence-corrected chi connectivity index (χ4v) is 3.50. The largest absolute Gasteiger partial charge is 0.323 e. The van der Waals surface area contributed by atoms with Crippen LogP contribution in [0.2, 0.25) is 0 Å². The lowest BCUT2D eigenvalue weighted by molar-refractivity contribution is 0.218. The van der Waals surface area contributed by atoms with Crippen molar-refractivity contribution in [1.29, 1.82) is 0 Å². The van der Waals surface area contributed by atoms with Crippen LogP contribution in [0.1, 0.15) is 33.8 Å². The molecular formula is C16H19N3OS. The third kappa shape index (κ3) is 2.66. The third-order valence-corrected chi connectivity index (χ3v) is 5.13. The van der Waals surface area contributed by atoms with Gasteiger partial charge in [-0.1, -0.05) is 13.0 Å². The van der Waals surface area contributed by atoms with Crippen molar-refractivity contribution < 1.29 is 4.79 Å². The van der Waals surface area contributed by atoms with E-state index in [-0.39, 0.29) is 12.1 Å². The number of thiophene rings is 1. The van der Waals surface area contributed by atoms with Crippen molar-refractivity contribution in [3.63, 3.8) is 0 Å². The number of aryl methyl sites for hydroxylation is 1. The van der Waals surface area contributed by atoms with Crippen molar-refractivity contribution in [2.24, 2.45) is 5.73 Å². The van der Waals surface area contributed by atoms with Crippen LogP contribution in [0, 0.1) is 0 Å². The second kappa shape index (κ2) is 5.50. The van der Waals surface area contributed by atoms with Gasteiger partial charge in [0.2, 0.25) is 0 Å². The minimum atomic E-state index is -0.108. The molecule has 1 unspecified atom stereocenters. The van der Waals surface area contributed by atoms with Gasteiger partial charge in [0.05, 0.1) is 6.04 Å². The van der Waals surface area contributed by atoms with Gasteiger partial charge in [-0.2, -0.15) is 0 Å². The van der Waals surface area contributed by atoms with Crippen LogP contribution >= 0.6 is 11.3 Å². The predicted octanol–water partition coefficient (Wildman–Crippen LogP) is 3.34. The minimum Gasteiger partial charge on any atom is -0.323 e. The van der Waals surface area contributed by atoms with Crippen molar-refractivity contribution in [1.82, 2.24) is 4.90 Å². The molecule has 1 aliphatic heterocycles. The van der Waals surface area contributed by atoms with E-state index in [1.165, 1.54) is 9.75 Å². The molecule has 1 aromatic carbocycles. The topological polar surface area (TPSA) is 58.4 Å². The second-order valence-corrected chi connectivity index (χ2v) is 6.54. The van der Waals surface area contributed by atoms with Crippen LogP contribution in [0.4, 0.5) is 10.5 Å². The maximum atomic E-state index is 11.6. The predicted molar refractivity (Wildman–Crippen MR) is 86.7 cm³/mol. The van der Waals surface area contributed by atoms with Gasteiger partial charge in [-0.15, -0.1) is 11.3 Å². The monoisotopic (exact) mass is 301 g/mol. The molecule has 110 valence electrons. The van der Waals surface area contributed by atoms with Crippen LogP contribution in [-0.4, -0.2) is 18.0 Å². The highest BCUT2D eigenvalue weighted by molar-refractivity contribution is 7.12. The van der Waals surface area contributed by atoms with Gasteiger partial charge in [0.15, 0.2) is 0 Å². The Balaban J connectivity index is 1.89. The molecule has 2 heterocycles. The number of hydrogen-bond donors (Lipinski definition) is 2. The molecule has 3 N–H and O–H groups in total. The van der Waals surface area contributed by atoms with Crippen molar-refractivity contribution in [3.05, 3.63) is 51.2 Å². The maximum absolute atomic E-state index is 11.6. The van der Waals surface area contributed by atoms with Gasteiger partial charge < -0.3 is 16.0 Å². The molecule has 0 saturated carbocycles. The fourth-order valence-electron chi connectivity index (χ4n) is 2.51. The summed E-state index contributed by atoms with van der Waals surface area (Å²) in [5, 5.41) is 2.88. The van der Waals surface area contributed by atoms with E-state index < -0.39 is 0 Å². The van der Waals surface area contributed by atoms with E-state index in [1.54, 1.807) is 23.3 Å². The summed E-state index contributed by atoms with van der Waals surface area (Å²) >= 11 is 1.77. The summed E-state index contributed by atoms with van der Waals surface area (Å²) in [4.78, 5) is 15.8. The summed E-state index contributed by atoms with van der Waals surface area (Å²) in [6.45, 7) is 2.77. The molecule has 0 aliphatic carbocycles. The number of carbonyl (C=O) groups is 1. The minimum absolute atomic E-state index is 0.0645. The molecule has 5 heteroatoms. The number of hydrogen-bond acceptors (Lipinski definition) is 3. The van der Waals surface area contributed by atoms with Crippen LogP contribution in [0.5, 0.6) is 0 Å². The van der Waals surface area contributed by atoms with E-state index in [4.69, 9.17) is 5.73 Å². The zero-order valence-electron chi connectivity index (χ0n) is 12.2. The lowest BCUT2D eigenvalue weighted by Crippen LogP contribution is -2.35. The van der Waals surface area contributed by atoms with Crippen LogP contribution in [-0.2, 0) is 13.0 Å². The molecule has 0 saturated heterocycles. The number of anilines is 1. The SMILES string of the molecule is CCc1ccc(C(N)c2ccc3c(c2)CN(C)C(=O)N3)s1. The Labute approximate surface area is 128 Å². The van der Waals surface area contributed by atoms with E-state index in [9.17, 15) is 4.79 Å². The Kier molecular flexibility index (Phi) is 3.69. The number of urea groups is 1. The highest BCUT2D eigenvalue weighted by Gasteiger charge is 2.21. The zero-order valence-corrected chi connectivity index (χ0v) is 13.0. The summed E-state index contributed by atoms with van der Waals surface area (Å²) < 4.78 is 0. The van der Waals surface area contributed by atoms with Crippen LogP contribution in [0.15, 0.2) is 30.3 Å². The van der Waals surface area contributed by atoms with Gasteiger partial charge in [-0.3, -0.25) is 0 Å². The van der Waals surface area contributed by atoms with Gasteiger partial charge in [-0.25, -0.2) is 4.79 Å². The van der Waals surface area contributed by atoms with Gasteiger partial charge in [0, 0.05) is 29.0 Å². The Hall–Kier alpha value is -1.85. The average Bonchev–Trinajstić information content (AvgIpc) is 2.96.